The fourth-order valence-electron chi connectivity index (χ4n) is 1.05. The van der Waals surface area contributed by atoms with Crippen LogP contribution >= 0.6 is 0 Å². The number of aryl methyl sites for hydroxylation is 1. The maximum atomic E-state index is 11.8. The van der Waals surface area contributed by atoms with Gasteiger partial charge in [-0.05, 0) is 24.6 Å². The summed E-state index contributed by atoms with van der Waals surface area (Å²) in [7, 11) is -2.81. The SMILES string of the molecule is Cc1cccc(S(C)(=O)=NC(=O)O)c1. The van der Waals surface area contributed by atoms with Gasteiger partial charge >= 0.3 is 6.09 Å². The fraction of sp³-hybridized carbons (Fsp3) is 0.222. The molecule has 0 saturated carbocycles. The topological polar surface area (TPSA) is 66.7 Å². The van der Waals surface area contributed by atoms with E-state index in [4.69, 9.17) is 5.11 Å². The Kier molecular flexibility index (Phi) is 2.90. The first-order valence-electron chi connectivity index (χ1n) is 3.93. The van der Waals surface area contributed by atoms with Crippen molar-refractivity contribution in [3.05, 3.63) is 29.8 Å². The molecule has 0 aliphatic carbocycles. The maximum Gasteiger partial charge on any atom is 0.439 e. The standard InChI is InChI=1S/C9H11NO3S/c1-7-4-3-5-8(6-7)14(2,13)10-9(11)12/h3-6H,1-2H3,(H,11,12). The molecule has 0 bridgehead atoms. The molecular weight excluding hydrogens is 202 g/mol. The number of rotatable bonds is 1. The van der Waals surface area contributed by atoms with E-state index in [9.17, 15) is 9.00 Å². The van der Waals surface area contributed by atoms with Gasteiger partial charge in [-0.1, -0.05) is 12.1 Å². The lowest BCUT2D eigenvalue weighted by atomic mass is 10.2. The van der Waals surface area contributed by atoms with Crippen LogP contribution < -0.4 is 0 Å². The van der Waals surface area contributed by atoms with Gasteiger partial charge in [-0.2, -0.15) is 0 Å². The fourth-order valence-corrected chi connectivity index (χ4v) is 2.19. The van der Waals surface area contributed by atoms with Crippen molar-refractivity contribution in [3.8, 4) is 0 Å². The summed E-state index contributed by atoms with van der Waals surface area (Å²) in [5.74, 6) is 0. The van der Waals surface area contributed by atoms with E-state index < -0.39 is 15.8 Å². The van der Waals surface area contributed by atoms with Gasteiger partial charge in [-0.3, -0.25) is 0 Å². The molecule has 0 saturated heterocycles. The summed E-state index contributed by atoms with van der Waals surface area (Å²) < 4.78 is 15.0. The first-order valence-corrected chi connectivity index (χ1v) is 5.86. The lowest BCUT2D eigenvalue weighted by molar-refractivity contribution is 0.206. The highest BCUT2D eigenvalue weighted by molar-refractivity contribution is 7.93. The molecule has 1 rings (SSSR count). The molecule has 1 N–H and O–H groups in total. The van der Waals surface area contributed by atoms with Crippen LogP contribution in [0.5, 0.6) is 0 Å². The molecule has 1 atom stereocenters. The predicted molar refractivity (Wildman–Crippen MR) is 54.0 cm³/mol. The van der Waals surface area contributed by atoms with Crippen LogP contribution in [0.3, 0.4) is 0 Å². The third kappa shape index (κ3) is 2.56. The molecule has 14 heavy (non-hydrogen) atoms. The van der Waals surface area contributed by atoms with E-state index in [-0.39, 0.29) is 0 Å². The van der Waals surface area contributed by atoms with Gasteiger partial charge in [0.1, 0.15) is 0 Å². The van der Waals surface area contributed by atoms with Gasteiger partial charge < -0.3 is 5.11 Å². The Balaban J connectivity index is 3.30. The molecular formula is C9H11NO3S. The average Bonchev–Trinajstić information content (AvgIpc) is 2.01. The molecule has 0 radical (unpaired) electrons. The predicted octanol–water partition coefficient (Wildman–Crippen LogP) is 2.13. The Morgan fingerprint density at radius 1 is 1.50 bits per heavy atom. The largest absolute Gasteiger partial charge is 0.463 e. The molecule has 1 amide bonds. The summed E-state index contributed by atoms with van der Waals surface area (Å²) in [4.78, 5) is 10.8. The van der Waals surface area contributed by atoms with Crippen LogP contribution in [0.15, 0.2) is 33.5 Å². The minimum atomic E-state index is -2.81. The Labute approximate surface area is 82.8 Å². The normalized spacial score (nSPS) is 14.4. The molecule has 0 aliphatic rings. The highest BCUT2D eigenvalue weighted by atomic mass is 32.2. The van der Waals surface area contributed by atoms with E-state index in [0.717, 1.165) is 5.56 Å². The summed E-state index contributed by atoms with van der Waals surface area (Å²) in [5.41, 5.74) is 0.928. The van der Waals surface area contributed by atoms with Gasteiger partial charge in [0.15, 0.2) is 0 Å². The third-order valence-electron chi connectivity index (χ3n) is 1.68. The average molecular weight is 213 g/mol. The van der Waals surface area contributed by atoms with Crippen LogP contribution in [-0.4, -0.2) is 21.7 Å². The van der Waals surface area contributed by atoms with Crippen molar-refractivity contribution in [1.29, 1.82) is 0 Å². The van der Waals surface area contributed by atoms with Crippen molar-refractivity contribution in [2.75, 3.05) is 6.26 Å². The van der Waals surface area contributed by atoms with Crippen molar-refractivity contribution in [3.63, 3.8) is 0 Å². The Morgan fingerprint density at radius 3 is 2.64 bits per heavy atom. The highest BCUT2D eigenvalue weighted by Gasteiger charge is 2.07. The van der Waals surface area contributed by atoms with Crippen LogP contribution in [0.4, 0.5) is 4.79 Å². The monoisotopic (exact) mass is 213 g/mol. The van der Waals surface area contributed by atoms with Gasteiger partial charge in [0, 0.05) is 11.2 Å². The van der Waals surface area contributed by atoms with Crippen LogP contribution in [0.25, 0.3) is 0 Å². The third-order valence-corrected chi connectivity index (χ3v) is 3.31. The number of benzene rings is 1. The zero-order valence-corrected chi connectivity index (χ0v) is 8.75. The molecule has 0 aromatic heterocycles. The van der Waals surface area contributed by atoms with Crippen LogP contribution in [0.2, 0.25) is 0 Å². The lowest BCUT2D eigenvalue weighted by Gasteiger charge is -2.02. The molecule has 0 heterocycles. The van der Waals surface area contributed by atoms with Crippen molar-refractivity contribution < 1.29 is 14.1 Å². The van der Waals surface area contributed by atoms with Gasteiger partial charge in [0.25, 0.3) is 0 Å². The number of carboxylic acid groups (broad SMARTS) is 1. The minimum absolute atomic E-state index is 0.444. The minimum Gasteiger partial charge on any atom is -0.463 e. The summed E-state index contributed by atoms with van der Waals surface area (Å²) in [6.45, 7) is 1.85. The first-order chi connectivity index (χ1) is 6.42. The summed E-state index contributed by atoms with van der Waals surface area (Å²) in [6, 6.07) is 6.86. The summed E-state index contributed by atoms with van der Waals surface area (Å²) in [6.07, 6.45) is -0.0883. The maximum absolute atomic E-state index is 11.8. The van der Waals surface area contributed by atoms with E-state index in [1.807, 2.05) is 13.0 Å². The summed E-state index contributed by atoms with van der Waals surface area (Å²) in [5, 5.41) is 8.43. The second-order valence-corrected chi connectivity index (χ2v) is 5.25. The van der Waals surface area contributed by atoms with E-state index in [0.29, 0.717) is 4.90 Å². The smallest absolute Gasteiger partial charge is 0.439 e. The number of hydrogen-bond acceptors (Lipinski definition) is 2. The zero-order chi connectivity index (χ0) is 10.8. The molecule has 1 aromatic rings. The molecule has 0 fully saturated rings. The van der Waals surface area contributed by atoms with Crippen molar-refractivity contribution in [1.82, 2.24) is 0 Å². The van der Waals surface area contributed by atoms with Crippen molar-refractivity contribution >= 4 is 15.8 Å². The number of hydrogen-bond donors (Lipinski definition) is 1. The van der Waals surface area contributed by atoms with Gasteiger partial charge in [-0.25, -0.2) is 9.00 Å². The van der Waals surface area contributed by atoms with Gasteiger partial charge in [0.05, 0.1) is 9.73 Å². The molecule has 0 spiro atoms. The van der Waals surface area contributed by atoms with E-state index in [1.165, 1.54) is 6.26 Å². The van der Waals surface area contributed by atoms with Gasteiger partial charge in [-0.15, -0.1) is 4.36 Å². The quantitative estimate of drug-likeness (QED) is 0.777. The number of amides is 1. The zero-order valence-electron chi connectivity index (χ0n) is 7.93. The van der Waals surface area contributed by atoms with E-state index in [1.54, 1.807) is 18.2 Å². The Morgan fingerprint density at radius 2 is 2.14 bits per heavy atom. The molecule has 1 unspecified atom stereocenters. The molecule has 76 valence electrons. The number of carbonyl (C=O) groups is 1. The molecule has 4 nitrogen and oxygen atoms in total. The molecule has 0 aliphatic heterocycles. The van der Waals surface area contributed by atoms with Crippen LogP contribution in [-0.2, 0) is 9.73 Å². The van der Waals surface area contributed by atoms with E-state index in [2.05, 4.69) is 4.36 Å². The second-order valence-electron chi connectivity index (χ2n) is 2.99. The van der Waals surface area contributed by atoms with Gasteiger partial charge in [0.2, 0.25) is 0 Å². The van der Waals surface area contributed by atoms with Crippen molar-refractivity contribution in [2.45, 2.75) is 11.8 Å². The van der Waals surface area contributed by atoms with Crippen molar-refractivity contribution in [2.24, 2.45) is 4.36 Å². The van der Waals surface area contributed by atoms with E-state index >= 15 is 0 Å². The Hall–Kier alpha value is -1.36. The van der Waals surface area contributed by atoms with Crippen LogP contribution in [0.1, 0.15) is 5.56 Å². The first kappa shape index (κ1) is 10.7. The molecule has 1 aromatic carbocycles. The number of nitrogens with zero attached hydrogens (tertiary/aromatic N) is 1. The van der Waals surface area contributed by atoms with Crippen LogP contribution in [0, 0.1) is 6.92 Å². The molecule has 5 heteroatoms. The Bertz CT molecular complexity index is 473. The lowest BCUT2D eigenvalue weighted by Crippen LogP contribution is -2.01. The highest BCUT2D eigenvalue weighted by Crippen LogP contribution is 2.13. The summed E-state index contributed by atoms with van der Waals surface area (Å²) >= 11 is 0. The second kappa shape index (κ2) is 3.79.